The molecule has 0 unspecified atom stereocenters. The highest BCUT2D eigenvalue weighted by Crippen LogP contribution is 2.21. The van der Waals surface area contributed by atoms with Crippen LogP contribution in [0, 0.1) is 0 Å². The van der Waals surface area contributed by atoms with Crippen LogP contribution in [0.15, 0.2) is 42.7 Å². The quantitative estimate of drug-likeness (QED) is 0.379. The molecule has 1 amide bonds. The van der Waals surface area contributed by atoms with Crippen LogP contribution in [-0.4, -0.2) is 48.9 Å². The van der Waals surface area contributed by atoms with Crippen LogP contribution in [0.1, 0.15) is 13.8 Å². The molecule has 0 aliphatic carbocycles. The van der Waals surface area contributed by atoms with Crippen molar-refractivity contribution in [2.45, 2.75) is 19.9 Å². The van der Waals surface area contributed by atoms with Crippen molar-refractivity contribution < 1.29 is 9.53 Å². The largest absolute Gasteiger partial charge is 0.484 e. The Balaban J connectivity index is 1.39. The monoisotopic (exact) mass is 392 g/mol. The van der Waals surface area contributed by atoms with Crippen molar-refractivity contribution in [1.29, 1.82) is 0 Å². The summed E-state index contributed by atoms with van der Waals surface area (Å²) < 4.78 is 5.49. The summed E-state index contributed by atoms with van der Waals surface area (Å²) in [6, 6.07) is 9.19. The van der Waals surface area contributed by atoms with E-state index in [0.717, 1.165) is 16.5 Å². The van der Waals surface area contributed by atoms with Gasteiger partial charge in [-0.05, 0) is 44.2 Å². The summed E-state index contributed by atoms with van der Waals surface area (Å²) >= 11 is 0. The second-order valence-corrected chi connectivity index (χ2v) is 6.69. The summed E-state index contributed by atoms with van der Waals surface area (Å²) in [5, 5.41) is 20.7. The lowest BCUT2D eigenvalue weighted by Gasteiger charge is -2.09. The van der Waals surface area contributed by atoms with Crippen molar-refractivity contribution in [1.82, 2.24) is 35.7 Å². The van der Waals surface area contributed by atoms with E-state index in [1.807, 2.05) is 32.0 Å². The molecule has 0 spiro atoms. The zero-order valence-corrected chi connectivity index (χ0v) is 15.9. The van der Waals surface area contributed by atoms with Crippen LogP contribution >= 0.6 is 0 Å². The zero-order chi connectivity index (χ0) is 20.2. The van der Waals surface area contributed by atoms with E-state index in [1.54, 1.807) is 24.5 Å². The number of amides is 1. The molecule has 0 aliphatic heterocycles. The molecule has 0 fully saturated rings. The number of nitrogens with one attached hydrogen (secondary N) is 4. The third-order valence-corrected chi connectivity index (χ3v) is 4.00. The molecular formula is C19H20N8O2. The van der Waals surface area contributed by atoms with Gasteiger partial charge < -0.3 is 15.4 Å². The van der Waals surface area contributed by atoms with Crippen molar-refractivity contribution in [2.24, 2.45) is 0 Å². The van der Waals surface area contributed by atoms with E-state index in [4.69, 9.17) is 4.74 Å². The lowest BCUT2D eigenvalue weighted by Crippen LogP contribution is -2.34. The van der Waals surface area contributed by atoms with Gasteiger partial charge in [-0.25, -0.2) is 4.98 Å². The topological polar surface area (TPSA) is 134 Å². The highest BCUT2D eigenvalue weighted by molar-refractivity contribution is 5.80. The van der Waals surface area contributed by atoms with Gasteiger partial charge in [0.1, 0.15) is 11.6 Å². The van der Waals surface area contributed by atoms with E-state index in [-0.39, 0.29) is 18.6 Å². The standard InChI is InChI=1S/C19H20N8O2/c1-11(2)22-17(28)10-29-14-5-3-12(4-6-14)18-24-19(27-26-18)23-16-7-13-8-21-25-15(13)9-20-16/h3-9,11H,10H2,1-2H3,(H,21,25)(H,22,28)(H2,20,23,24,26,27). The molecule has 1 aromatic carbocycles. The van der Waals surface area contributed by atoms with Gasteiger partial charge in [0, 0.05) is 17.0 Å². The number of nitrogens with zero attached hydrogens (tertiary/aromatic N) is 4. The first kappa shape index (κ1) is 18.4. The van der Waals surface area contributed by atoms with E-state index >= 15 is 0 Å². The molecule has 0 saturated carbocycles. The Morgan fingerprint density at radius 2 is 2.00 bits per heavy atom. The molecule has 0 radical (unpaired) electrons. The first-order valence-corrected chi connectivity index (χ1v) is 9.08. The molecule has 4 rings (SSSR count). The van der Waals surface area contributed by atoms with Crippen molar-refractivity contribution >= 4 is 28.6 Å². The normalized spacial score (nSPS) is 11.0. The lowest BCUT2D eigenvalue weighted by atomic mass is 10.2. The molecule has 10 heteroatoms. The third-order valence-electron chi connectivity index (χ3n) is 4.00. The molecule has 0 aliphatic rings. The van der Waals surface area contributed by atoms with Gasteiger partial charge >= 0.3 is 0 Å². The minimum Gasteiger partial charge on any atom is -0.484 e. The predicted molar refractivity (Wildman–Crippen MR) is 108 cm³/mol. The number of pyridine rings is 1. The molecule has 29 heavy (non-hydrogen) atoms. The molecule has 10 nitrogen and oxygen atoms in total. The second kappa shape index (κ2) is 7.97. The Labute approximate surface area is 166 Å². The fourth-order valence-electron chi connectivity index (χ4n) is 2.69. The predicted octanol–water partition coefficient (Wildman–Crippen LogP) is 2.39. The first-order chi connectivity index (χ1) is 14.1. The van der Waals surface area contributed by atoms with E-state index in [9.17, 15) is 4.79 Å². The number of carbonyl (C=O) groups is 1. The Morgan fingerprint density at radius 1 is 1.17 bits per heavy atom. The van der Waals surface area contributed by atoms with Gasteiger partial charge in [-0.15, -0.1) is 5.10 Å². The third kappa shape index (κ3) is 4.49. The molecule has 3 heterocycles. The molecule has 3 aromatic heterocycles. The minimum atomic E-state index is -0.155. The van der Waals surface area contributed by atoms with Gasteiger partial charge in [-0.2, -0.15) is 10.1 Å². The van der Waals surface area contributed by atoms with E-state index < -0.39 is 0 Å². The van der Waals surface area contributed by atoms with E-state index in [1.165, 1.54) is 0 Å². The van der Waals surface area contributed by atoms with Gasteiger partial charge in [-0.3, -0.25) is 15.0 Å². The highest BCUT2D eigenvalue weighted by Gasteiger charge is 2.09. The van der Waals surface area contributed by atoms with Crippen LogP contribution in [0.25, 0.3) is 22.3 Å². The fourth-order valence-corrected chi connectivity index (χ4v) is 2.69. The molecule has 4 N–H and O–H groups in total. The molecule has 148 valence electrons. The summed E-state index contributed by atoms with van der Waals surface area (Å²) in [6.07, 6.45) is 3.42. The second-order valence-electron chi connectivity index (χ2n) is 6.69. The van der Waals surface area contributed by atoms with Gasteiger partial charge in [-0.1, -0.05) is 0 Å². The number of anilines is 2. The molecule has 4 aromatic rings. The Kier molecular flexibility index (Phi) is 5.06. The maximum absolute atomic E-state index is 11.6. The van der Waals surface area contributed by atoms with E-state index in [2.05, 4.69) is 41.0 Å². The Morgan fingerprint density at radius 3 is 2.79 bits per heavy atom. The summed E-state index contributed by atoms with van der Waals surface area (Å²) in [4.78, 5) is 20.4. The average molecular weight is 392 g/mol. The number of ether oxygens (including phenoxy) is 1. The van der Waals surface area contributed by atoms with Gasteiger partial charge in [0.15, 0.2) is 12.4 Å². The van der Waals surface area contributed by atoms with Crippen LogP contribution < -0.4 is 15.4 Å². The van der Waals surface area contributed by atoms with Crippen LogP contribution in [0.3, 0.4) is 0 Å². The summed E-state index contributed by atoms with van der Waals surface area (Å²) in [5.74, 6) is 2.07. The van der Waals surface area contributed by atoms with Crippen LogP contribution in [-0.2, 0) is 4.79 Å². The number of hydrogen-bond donors (Lipinski definition) is 4. The maximum atomic E-state index is 11.6. The van der Waals surface area contributed by atoms with Gasteiger partial charge in [0.25, 0.3) is 5.91 Å². The highest BCUT2D eigenvalue weighted by atomic mass is 16.5. The first-order valence-electron chi connectivity index (χ1n) is 9.08. The number of rotatable bonds is 7. The van der Waals surface area contributed by atoms with Crippen LogP contribution in [0.4, 0.5) is 11.8 Å². The maximum Gasteiger partial charge on any atom is 0.258 e. The van der Waals surface area contributed by atoms with Crippen LogP contribution in [0.2, 0.25) is 0 Å². The minimum absolute atomic E-state index is 0.0259. The number of aromatic amines is 2. The van der Waals surface area contributed by atoms with Crippen molar-refractivity contribution in [2.75, 3.05) is 11.9 Å². The molecular weight excluding hydrogens is 372 g/mol. The number of fused-ring (bicyclic) bond motifs is 1. The van der Waals surface area contributed by atoms with Crippen molar-refractivity contribution in [3.05, 3.63) is 42.7 Å². The van der Waals surface area contributed by atoms with Gasteiger partial charge in [0.05, 0.1) is 17.9 Å². The van der Waals surface area contributed by atoms with Crippen molar-refractivity contribution in [3.63, 3.8) is 0 Å². The molecule has 0 saturated heterocycles. The summed E-state index contributed by atoms with van der Waals surface area (Å²) in [6.45, 7) is 3.78. The number of carbonyl (C=O) groups excluding carboxylic acids is 1. The Hall–Kier alpha value is -3.95. The smallest absolute Gasteiger partial charge is 0.258 e. The van der Waals surface area contributed by atoms with Crippen LogP contribution in [0.5, 0.6) is 5.75 Å². The lowest BCUT2D eigenvalue weighted by molar-refractivity contribution is -0.123. The number of aromatic nitrogens is 6. The SMILES string of the molecule is CC(C)NC(=O)COc1ccc(-c2nc(Nc3cc4cn[nH]c4cn3)n[nH]2)cc1. The molecule has 0 bridgehead atoms. The summed E-state index contributed by atoms with van der Waals surface area (Å²) in [7, 11) is 0. The Bertz CT molecular complexity index is 1120. The number of H-pyrrole nitrogens is 2. The number of hydrogen-bond acceptors (Lipinski definition) is 7. The van der Waals surface area contributed by atoms with E-state index in [0.29, 0.717) is 23.3 Å². The zero-order valence-electron chi connectivity index (χ0n) is 15.9. The summed E-state index contributed by atoms with van der Waals surface area (Å²) in [5.41, 5.74) is 1.69. The van der Waals surface area contributed by atoms with Gasteiger partial charge in [0.2, 0.25) is 5.95 Å². The number of benzene rings is 1. The van der Waals surface area contributed by atoms with Crippen molar-refractivity contribution in [3.8, 4) is 17.1 Å². The molecule has 0 atom stereocenters. The fraction of sp³-hybridized carbons (Fsp3) is 0.211. The average Bonchev–Trinajstić information content (AvgIpc) is 3.35.